The van der Waals surface area contributed by atoms with Gasteiger partial charge in [-0.1, -0.05) is 19.3 Å². The maximum atomic E-state index is 13.7. The fraction of sp³-hybridized carbons (Fsp3) is 0.867. The molecule has 0 amide bonds. The monoisotopic (exact) mass is 564 g/mol. The standard InChI is InChI=1S/C15H15F11O8S/c16-11(17,35(29,30)31)6-32-12(15(24,25)26,34-8(27)7-4-2-1-3-5-7)10(28)33-9(13(18,19)20)14(21,22)23/h7,9H,1-6H2,(H,29,30,31). The normalized spacial score (nSPS) is 18.8. The number of carbonyl (C=O) groups excluding carboxylic acids is 2. The molecule has 0 aromatic carbocycles. The van der Waals surface area contributed by atoms with Crippen LogP contribution in [0.2, 0.25) is 0 Å². The third-order valence-electron chi connectivity index (χ3n) is 4.47. The molecule has 0 bridgehead atoms. The average molecular weight is 564 g/mol. The van der Waals surface area contributed by atoms with Crippen molar-refractivity contribution >= 4 is 22.1 Å². The first-order chi connectivity index (χ1) is 15.5. The number of hydrogen-bond acceptors (Lipinski definition) is 7. The maximum Gasteiger partial charge on any atom is 0.468 e. The van der Waals surface area contributed by atoms with Gasteiger partial charge in [0.1, 0.15) is 6.61 Å². The number of halogens is 11. The van der Waals surface area contributed by atoms with Crippen LogP contribution >= 0.6 is 0 Å². The second kappa shape index (κ2) is 10.2. The Hall–Kier alpha value is -1.96. The summed E-state index contributed by atoms with van der Waals surface area (Å²) < 4.78 is 184. The van der Waals surface area contributed by atoms with Crippen molar-refractivity contribution in [3.8, 4) is 0 Å². The van der Waals surface area contributed by atoms with Crippen LogP contribution in [0.4, 0.5) is 48.3 Å². The van der Waals surface area contributed by atoms with E-state index in [-0.39, 0.29) is 25.7 Å². The van der Waals surface area contributed by atoms with E-state index < -0.39 is 70.3 Å². The van der Waals surface area contributed by atoms with E-state index in [0.29, 0.717) is 6.42 Å². The first kappa shape index (κ1) is 31.1. The zero-order chi connectivity index (χ0) is 27.7. The molecule has 1 N–H and O–H groups in total. The zero-order valence-electron chi connectivity index (χ0n) is 16.8. The lowest BCUT2D eigenvalue weighted by atomic mass is 9.89. The molecular formula is C15H15F11O8S. The van der Waals surface area contributed by atoms with Crippen molar-refractivity contribution in [1.29, 1.82) is 0 Å². The van der Waals surface area contributed by atoms with E-state index in [0.717, 1.165) is 0 Å². The minimum atomic E-state index is -6.69. The molecule has 1 fully saturated rings. The van der Waals surface area contributed by atoms with Crippen LogP contribution in [0.15, 0.2) is 0 Å². The van der Waals surface area contributed by atoms with Crippen LogP contribution in [0.1, 0.15) is 32.1 Å². The molecule has 1 atom stereocenters. The van der Waals surface area contributed by atoms with E-state index in [2.05, 4.69) is 14.2 Å². The van der Waals surface area contributed by atoms with E-state index >= 15 is 0 Å². The highest BCUT2D eigenvalue weighted by Gasteiger charge is 2.72. The van der Waals surface area contributed by atoms with Gasteiger partial charge in [-0.05, 0) is 12.8 Å². The minimum Gasteiger partial charge on any atom is -0.438 e. The fourth-order valence-electron chi connectivity index (χ4n) is 2.71. The van der Waals surface area contributed by atoms with Gasteiger partial charge >= 0.3 is 51.6 Å². The molecule has 0 aromatic heterocycles. The topological polar surface area (TPSA) is 116 Å². The van der Waals surface area contributed by atoms with Crippen molar-refractivity contribution in [1.82, 2.24) is 0 Å². The summed E-state index contributed by atoms with van der Waals surface area (Å²) in [7, 11) is -6.59. The van der Waals surface area contributed by atoms with Gasteiger partial charge in [0, 0.05) is 0 Å². The molecule has 1 rings (SSSR count). The molecule has 0 spiro atoms. The largest absolute Gasteiger partial charge is 0.468 e. The van der Waals surface area contributed by atoms with Crippen molar-refractivity contribution < 1.29 is 85.1 Å². The van der Waals surface area contributed by atoms with E-state index in [4.69, 9.17) is 4.55 Å². The third-order valence-corrected chi connectivity index (χ3v) is 5.34. The summed E-state index contributed by atoms with van der Waals surface area (Å²) in [6, 6.07) is 0. The highest BCUT2D eigenvalue weighted by atomic mass is 32.2. The highest BCUT2D eigenvalue weighted by Crippen LogP contribution is 2.42. The summed E-state index contributed by atoms with van der Waals surface area (Å²) in [6.45, 7) is -3.21. The lowest BCUT2D eigenvalue weighted by Crippen LogP contribution is -2.62. The van der Waals surface area contributed by atoms with E-state index in [9.17, 15) is 66.3 Å². The SMILES string of the molecule is O=C(OC(OCC(F)(F)S(=O)(=O)O)(C(=O)OC(C(F)(F)F)C(F)(F)F)C(F)(F)F)C1CCCCC1. The predicted molar refractivity (Wildman–Crippen MR) is 85.9 cm³/mol. The van der Waals surface area contributed by atoms with Gasteiger partial charge in [-0.2, -0.15) is 56.7 Å². The summed E-state index contributed by atoms with van der Waals surface area (Å²) in [5.74, 6) is -13.1. The van der Waals surface area contributed by atoms with E-state index in [1.807, 2.05) is 0 Å². The molecule has 8 nitrogen and oxygen atoms in total. The fourth-order valence-corrected chi connectivity index (χ4v) is 2.92. The third kappa shape index (κ3) is 7.51. The molecule has 206 valence electrons. The number of ether oxygens (including phenoxy) is 3. The first-order valence-electron chi connectivity index (χ1n) is 9.08. The Kier molecular flexibility index (Phi) is 9.05. The number of alkyl halides is 11. The van der Waals surface area contributed by atoms with Gasteiger partial charge in [-0.15, -0.1) is 0 Å². The van der Waals surface area contributed by atoms with Gasteiger partial charge in [0.25, 0.3) is 6.10 Å². The van der Waals surface area contributed by atoms with Crippen LogP contribution in [-0.2, 0) is 33.9 Å². The Morgan fingerprint density at radius 3 is 1.69 bits per heavy atom. The average Bonchev–Trinajstić information content (AvgIpc) is 2.66. The first-order valence-corrected chi connectivity index (χ1v) is 10.5. The summed E-state index contributed by atoms with van der Waals surface area (Å²) in [5.41, 5.74) is 0. The van der Waals surface area contributed by atoms with Crippen molar-refractivity contribution in [3.05, 3.63) is 0 Å². The molecule has 35 heavy (non-hydrogen) atoms. The van der Waals surface area contributed by atoms with Crippen molar-refractivity contribution in [3.63, 3.8) is 0 Å². The van der Waals surface area contributed by atoms with Gasteiger partial charge in [0.15, 0.2) is 0 Å². The molecule has 1 aliphatic rings. The Balaban J connectivity index is 3.56. The second-order valence-corrected chi connectivity index (χ2v) is 8.69. The quantitative estimate of drug-likeness (QED) is 0.204. The lowest BCUT2D eigenvalue weighted by Gasteiger charge is -2.35. The van der Waals surface area contributed by atoms with Crippen LogP contribution < -0.4 is 0 Å². The molecular weight excluding hydrogens is 549 g/mol. The van der Waals surface area contributed by atoms with Crippen LogP contribution in [-0.4, -0.2) is 67.2 Å². The molecule has 0 radical (unpaired) electrons. The summed E-state index contributed by atoms with van der Waals surface area (Å²) in [5, 5.41) is -5.70. The minimum absolute atomic E-state index is 0.190. The molecule has 0 aliphatic heterocycles. The second-order valence-electron chi connectivity index (χ2n) is 7.14. The molecule has 1 aliphatic carbocycles. The van der Waals surface area contributed by atoms with Crippen molar-refractivity contribution in [2.45, 2.75) is 67.8 Å². The lowest BCUT2D eigenvalue weighted by molar-refractivity contribution is -0.374. The molecule has 0 aromatic rings. The van der Waals surface area contributed by atoms with Crippen molar-refractivity contribution in [2.75, 3.05) is 6.61 Å². The Morgan fingerprint density at radius 2 is 1.31 bits per heavy atom. The molecule has 1 saturated carbocycles. The molecule has 1 unspecified atom stereocenters. The number of hydrogen-bond donors (Lipinski definition) is 1. The number of rotatable bonds is 8. The van der Waals surface area contributed by atoms with Gasteiger partial charge < -0.3 is 14.2 Å². The van der Waals surface area contributed by atoms with Crippen molar-refractivity contribution in [2.24, 2.45) is 5.92 Å². The van der Waals surface area contributed by atoms with Gasteiger partial charge in [0.05, 0.1) is 5.92 Å². The van der Waals surface area contributed by atoms with Crippen LogP contribution in [0.5, 0.6) is 0 Å². The van der Waals surface area contributed by atoms with Crippen LogP contribution in [0.25, 0.3) is 0 Å². The van der Waals surface area contributed by atoms with E-state index in [1.54, 1.807) is 0 Å². The van der Waals surface area contributed by atoms with E-state index in [1.165, 1.54) is 0 Å². The Morgan fingerprint density at radius 1 is 0.857 bits per heavy atom. The molecule has 0 saturated heterocycles. The van der Waals surface area contributed by atoms with Gasteiger partial charge in [0.2, 0.25) is 0 Å². The number of carbonyl (C=O) groups is 2. The van der Waals surface area contributed by atoms with Crippen LogP contribution in [0.3, 0.4) is 0 Å². The Labute approximate surface area is 188 Å². The maximum absolute atomic E-state index is 13.7. The van der Waals surface area contributed by atoms with Crippen LogP contribution in [0, 0.1) is 5.92 Å². The van der Waals surface area contributed by atoms with Gasteiger partial charge in [-0.25, -0.2) is 4.79 Å². The Bertz CT molecular complexity index is 861. The number of esters is 2. The smallest absolute Gasteiger partial charge is 0.438 e. The summed E-state index contributed by atoms with van der Waals surface area (Å²) >= 11 is 0. The summed E-state index contributed by atoms with van der Waals surface area (Å²) in [6.07, 6.45) is -24.7. The molecule has 20 heteroatoms. The summed E-state index contributed by atoms with van der Waals surface area (Å²) in [4.78, 5) is 24.2. The van der Waals surface area contributed by atoms with Gasteiger partial charge in [-0.3, -0.25) is 9.35 Å². The highest BCUT2D eigenvalue weighted by molar-refractivity contribution is 7.86. The predicted octanol–water partition coefficient (Wildman–Crippen LogP) is 3.90. The molecule has 0 heterocycles. The zero-order valence-corrected chi connectivity index (χ0v) is 17.6.